The molecule has 1 saturated heterocycles. The third-order valence-corrected chi connectivity index (χ3v) is 7.02. The van der Waals surface area contributed by atoms with E-state index in [2.05, 4.69) is 20.4 Å². The number of piperidine rings is 1. The van der Waals surface area contributed by atoms with Gasteiger partial charge in [-0.25, -0.2) is 0 Å². The van der Waals surface area contributed by atoms with Gasteiger partial charge < -0.3 is 20.1 Å². The average molecular weight is 544 g/mol. The molecule has 1 aliphatic carbocycles. The second-order valence-corrected chi connectivity index (χ2v) is 10.3. The molecule has 2 bridgehead atoms. The maximum absolute atomic E-state index is 13.1. The number of fused-ring (bicyclic) bond motifs is 3. The van der Waals surface area contributed by atoms with Crippen LogP contribution in [-0.2, 0) is 11.8 Å². The van der Waals surface area contributed by atoms with Gasteiger partial charge in [0.2, 0.25) is 11.8 Å². The first-order chi connectivity index (χ1) is 17.7. The first kappa shape index (κ1) is 26.3. The van der Waals surface area contributed by atoms with Gasteiger partial charge in [-0.2, -0.15) is 35.8 Å². The van der Waals surface area contributed by atoms with Gasteiger partial charge in [-0.05, 0) is 56.7 Å². The minimum Gasteiger partial charge on any atom is -0.468 e. The number of aromatic nitrogens is 4. The Bertz CT molecular complexity index is 1300. The van der Waals surface area contributed by atoms with Crippen LogP contribution in [0.1, 0.15) is 37.9 Å². The topological polar surface area (TPSA) is 87.8 Å². The molecule has 2 aliphatic rings. The van der Waals surface area contributed by atoms with Crippen LogP contribution in [0.2, 0.25) is 0 Å². The van der Waals surface area contributed by atoms with E-state index in [1.807, 2.05) is 4.90 Å². The number of ether oxygens (including phenoxy) is 1. The summed E-state index contributed by atoms with van der Waals surface area (Å²) in [5, 5.41) is 18.2. The lowest BCUT2D eigenvalue weighted by atomic mass is 9.92. The summed E-state index contributed by atoms with van der Waals surface area (Å²) in [6, 6.07) is 5.28. The van der Waals surface area contributed by atoms with E-state index in [1.54, 1.807) is 6.07 Å². The number of nitrogens with zero attached hydrogens (tertiary/aromatic N) is 5. The number of alkyl halides is 6. The van der Waals surface area contributed by atoms with Crippen molar-refractivity contribution in [3.05, 3.63) is 41.7 Å². The molecule has 5 rings (SSSR count). The normalized spacial score (nSPS) is 22.2. The van der Waals surface area contributed by atoms with Crippen LogP contribution >= 0.6 is 0 Å². The van der Waals surface area contributed by atoms with Crippen molar-refractivity contribution in [1.29, 1.82) is 0 Å². The van der Waals surface area contributed by atoms with Gasteiger partial charge in [-0.1, -0.05) is 0 Å². The minimum absolute atomic E-state index is 0.0811. The van der Waals surface area contributed by atoms with Crippen molar-refractivity contribution in [3.63, 3.8) is 0 Å². The highest BCUT2D eigenvalue weighted by Crippen LogP contribution is 2.41. The molecule has 2 fully saturated rings. The molecule has 3 atom stereocenters. The van der Waals surface area contributed by atoms with E-state index in [1.165, 1.54) is 26.0 Å². The average Bonchev–Trinajstić information content (AvgIpc) is 3.32. The largest absolute Gasteiger partial charge is 0.468 e. The fourth-order valence-corrected chi connectivity index (χ4v) is 5.33. The van der Waals surface area contributed by atoms with Crippen molar-refractivity contribution in [2.75, 3.05) is 29.9 Å². The zero-order valence-corrected chi connectivity index (χ0v) is 20.5. The molecule has 0 radical (unpaired) electrons. The SMILES string of the molecule is CC(C)(O)c1ccc(OCC(F)(F)F)n2nc(N[C@@H]3[C@@H]4CC[C@H]3CN(c3ccnc(C(F)(F)F)c3)C4)nc12. The van der Waals surface area contributed by atoms with E-state index in [0.717, 1.165) is 29.6 Å². The van der Waals surface area contributed by atoms with E-state index < -0.39 is 30.3 Å². The molecule has 3 aromatic heterocycles. The number of anilines is 2. The molecule has 0 aromatic carbocycles. The Kier molecular flexibility index (Phi) is 6.35. The summed E-state index contributed by atoms with van der Waals surface area (Å²) >= 11 is 0. The third kappa shape index (κ3) is 5.31. The predicted octanol–water partition coefficient (Wildman–Crippen LogP) is 4.64. The lowest BCUT2D eigenvalue weighted by Gasteiger charge is -2.39. The van der Waals surface area contributed by atoms with Crippen molar-refractivity contribution >= 4 is 17.3 Å². The van der Waals surface area contributed by atoms with E-state index in [4.69, 9.17) is 4.74 Å². The molecule has 2 N–H and O–H groups in total. The maximum Gasteiger partial charge on any atom is 0.433 e. The van der Waals surface area contributed by atoms with E-state index >= 15 is 0 Å². The molecule has 1 aliphatic heterocycles. The summed E-state index contributed by atoms with van der Waals surface area (Å²) in [4.78, 5) is 9.82. The van der Waals surface area contributed by atoms with E-state index in [9.17, 15) is 31.4 Å². The molecule has 1 saturated carbocycles. The first-order valence-corrected chi connectivity index (χ1v) is 12.1. The van der Waals surface area contributed by atoms with Gasteiger partial charge in [-0.15, -0.1) is 5.10 Å². The fraction of sp³-hybridized carbons (Fsp3) is 0.542. The standard InChI is InChI=1S/C24H26F6N6O2/c1-22(2,37)16-5-6-18(38-12-23(25,26)27)36-20(16)33-21(34-36)32-19-13-3-4-14(19)11-35(10-13)15-7-8-31-17(9-15)24(28,29)30/h5-9,13-14,19,37H,3-4,10-12H2,1-2H3,(H,32,34)/t13-,14+,19-. The van der Waals surface area contributed by atoms with Crippen molar-refractivity contribution in [2.24, 2.45) is 11.8 Å². The molecule has 14 heteroatoms. The van der Waals surface area contributed by atoms with Gasteiger partial charge in [0, 0.05) is 42.6 Å². The first-order valence-electron chi connectivity index (χ1n) is 12.1. The van der Waals surface area contributed by atoms with Crippen LogP contribution in [0.4, 0.5) is 38.0 Å². The summed E-state index contributed by atoms with van der Waals surface area (Å²) in [7, 11) is 0. The summed E-state index contributed by atoms with van der Waals surface area (Å²) in [5.74, 6) is 0.147. The highest BCUT2D eigenvalue weighted by Gasteiger charge is 2.43. The molecule has 3 aromatic rings. The van der Waals surface area contributed by atoms with E-state index in [0.29, 0.717) is 24.3 Å². The minimum atomic E-state index is -4.55. The van der Waals surface area contributed by atoms with Crippen LogP contribution in [0.3, 0.4) is 0 Å². The second-order valence-electron chi connectivity index (χ2n) is 10.3. The lowest BCUT2D eigenvalue weighted by Crippen LogP contribution is -2.48. The Labute approximate surface area is 213 Å². The number of hydrogen-bond donors (Lipinski definition) is 2. The summed E-state index contributed by atoms with van der Waals surface area (Å²) in [6.07, 6.45) is -6.24. The van der Waals surface area contributed by atoms with Gasteiger partial charge in [0.15, 0.2) is 12.3 Å². The quantitative estimate of drug-likeness (QED) is 0.438. The zero-order chi connectivity index (χ0) is 27.5. The van der Waals surface area contributed by atoms with Gasteiger partial charge >= 0.3 is 12.4 Å². The van der Waals surface area contributed by atoms with Gasteiger partial charge in [-0.3, -0.25) is 4.98 Å². The lowest BCUT2D eigenvalue weighted by molar-refractivity contribution is -0.154. The highest BCUT2D eigenvalue weighted by molar-refractivity contribution is 5.56. The molecule has 4 heterocycles. The summed E-state index contributed by atoms with van der Waals surface area (Å²) in [5.41, 5.74) is -1.33. The number of hydrogen-bond acceptors (Lipinski definition) is 7. The Hall–Kier alpha value is -3.29. The summed E-state index contributed by atoms with van der Waals surface area (Å²) < 4.78 is 83.8. The summed E-state index contributed by atoms with van der Waals surface area (Å²) in [6.45, 7) is 2.56. The Balaban J connectivity index is 1.38. The number of halogens is 6. The van der Waals surface area contributed by atoms with Gasteiger partial charge in [0.05, 0.1) is 5.60 Å². The van der Waals surface area contributed by atoms with Crippen LogP contribution < -0.4 is 15.0 Å². The fourth-order valence-electron chi connectivity index (χ4n) is 5.33. The molecule has 0 amide bonds. The van der Waals surface area contributed by atoms with Crippen molar-refractivity contribution in [1.82, 2.24) is 19.6 Å². The molecule has 0 spiro atoms. The molecular formula is C24H26F6N6O2. The molecule has 0 unspecified atom stereocenters. The highest BCUT2D eigenvalue weighted by atomic mass is 19.4. The maximum atomic E-state index is 13.1. The predicted molar refractivity (Wildman–Crippen MR) is 125 cm³/mol. The Morgan fingerprint density at radius 3 is 2.34 bits per heavy atom. The second kappa shape index (κ2) is 9.17. The van der Waals surface area contributed by atoms with Crippen LogP contribution in [0.25, 0.3) is 5.65 Å². The monoisotopic (exact) mass is 544 g/mol. The molecule has 8 nitrogen and oxygen atoms in total. The van der Waals surface area contributed by atoms with E-state index in [-0.39, 0.29) is 35.4 Å². The van der Waals surface area contributed by atoms with Crippen LogP contribution in [0.5, 0.6) is 5.88 Å². The number of pyridine rings is 2. The van der Waals surface area contributed by atoms with Crippen molar-refractivity contribution < 1.29 is 36.2 Å². The van der Waals surface area contributed by atoms with Gasteiger partial charge in [0.25, 0.3) is 0 Å². The number of rotatable bonds is 6. The third-order valence-electron chi connectivity index (χ3n) is 7.02. The van der Waals surface area contributed by atoms with Crippen molar-refractivity contribution in [2.45, 2.75) is 50.7 Å². The van der Waals surface area contributed by atoms with Crippen LogP contribution in [0.15, 0.2) is 30.5 Å². The Morgan fingerprint density at radius 1 is 1.05 bits per heavy atom. The van der Waals surface area contributed by atoms with Crippen LogP contribution in [-0.4, -0.2) is 56.6 Å². The van der Waals surface area contributed by atoms with Gasteiger partial charge in [0.1, 0.15) is 5.69 Å². The van der Waals surface area contributed by atoms with Crippen molar-refractivity contribution in [3.8, 4) is 5.88 Å². The Morgan fingerprint density at radius 2 is 1.74 bits per heavy atom. The molecule has 206 valence electrons. The number of nitrogens with one attached hydrogen (secondary N) is 1. The number of aliphatic hydroxyl groups is 1. The zero-order valence-electron chi connectivity index (χ0n) is 20.5. The molecule has 38 heavy (non-hydrogen) atoms. The van der Waals surface area contributed by atoms with Crippen LogP contribution in [0, 0.1) is 11.8 Å². The molecular weight excluding hydrogens is 518 g/mol. The smallest absolute Gasteiger partial charge is 0.433 e.